The van der Waals surface area contributed by atoms with Crippen LogP contribution in [0.5, 0.6) is 0 Å². The maximum absolute atomic E-state index is 9.55. The molecule has 2 heterocycles. The van der Waals surface area contributed by atoms with Gasteiger partial charge in [-0.25, -0.2) is 0 Å². The zero-order chi connectivity index (χ0) is 28.2. The van der Waals surface area contributed by atoms with Gasteiger partial charge in [0, 0.05) is 32.8 Å². The molecule has 0 amide bonds. The Hall–Kier alpha value is -6.10. The van der Waals surface area contributed by atoms with Gasteiger partial charge in [-0.1, -0.05) is 66.7 Å². The van der Waals surface area contributed by atoms with E-state index < -0.39 is 0 Å². The molecular weight excluding hydrogens is 512 g/mol. The minimum absolute atomic E-state index is 0.641. The zero-order valence-electron chi connectivity index (χ0n) is 22.5. The summed E-state index contributed by atoms with van der Waals surface area (Å²) in [6, 6.07) is 50.2. The van der Waals surface area contributed by atoms with Gasteiger partial charge in [0.1, 0.15) is 0 Å². The molecule has 0 aliphatic carbocycles. The third-order valence-corrected chi connectivity index (χ3v) is 8.16. The average Bonchev–Trinajstić information content (AvgIpc) is 3.56. The maximum Gasteiger partial charge on any atom is 0.0991 e. The van der Waals surface area contributed by atoms with E-state index in [0.717, 1.165) is 60.7 Å². The fourth-order valence-electron chi connectivity index (χ4n) is 6.35. The Labute approximate surface area is 242 Å². The van der Waals surface area contributed by atoms with Crippen molar-refractivity contribution in [3.8, 4) is 34.6 Å². The van der Waals surface area contributed by atoms with Crippen molar-refractivity contribution in [1.82, 2.24) is 9.13 Å². The molecule has 0 aliphatic heterocycles. The number of benzene rings is 6. The van der Waals surface area contributed by atoms with E-state index in [1.807, 2.05) is 48.5 Å². The molecule has 0 bridgehead atoms. The molecule has 0 saturated heterocycles. The van der Waals surface area contributed by atoms with Crippen LogP contribution in [0.3, 0.4) is 0 Å². The molecule has 0 aliphatic rings. The fourth-order valence-corrected chi connectivity index (χ4v) is 6.35. The van der Waals surface area contributed by atoms with E-state index in [-0.39, 0.29) is 0 Å². The third-order valence-electron chi connectivity index (χ3n) is 8.16. The van der Waals surface area contributed by atoms with E-state index in [0.29, 0.717) is 11.1 Å². The molecule has 0 unspecified atom stereocenters. The van der Waals surface area contributed by atoms with Crippen LogP contribution in [0.15, 0.2) is 133 Å². The molecular formula is C38H22N4. The van der Waals surface area contributed by atoms with Gasteiger partial charge in [0.25, 0.3) is 0 Å². The first-order valence-electron chi connectivity index (χ1n) is 13.8. The summed E-state index contributed by atoms with van der Waals surface area (Å²) in [7, 11) is 0. The third kappa shape index (κ3) is 3.47. The first-order valence-corrected chi connectivity index (χ1v) is 13.8. The Bertz CT molecular complexity index is 2440. The smallest absolute Gasteiger partial charge is 0.0991 e. The summed E-state index contributed by atoms with van der Waals surface area (Å²) in [5.41, 5.74) is 9.90. The average molecular weight is 535 g/mol. The lowest BCUT2D eigenvalue weighted by Gasteiger charge is -2.14. The molecule has 0 saturated carbocycles. The highest BCUT2D eigenvalue weighted by Gasteiger charge is 2.18. The molecule has 0 atom stereocenters. The number of nitriles is 2. The van der Waals surface area contributed by atoms with Crippen molar-refractivity contribution >= 4 is 43.6 Å². The van der Waals surface area contributed by atoms with Crippen LogP contribution in [0.1, 0.15) is 11.1 Å². The molecule has 8 rings (SSSR count). The van der Waals surface area contributed by atoms with Gasteiger partial charge in [-0.05, 0) is 72.3 Å². The van der Waals surface area contributed by atoms with Crippen LogP contribution < -0.4 is 0 Å². The molecule has 0 fully saturated rings. The Morgan fingerprint density at radius 2 is 1.02 bits per heavy atom. The van der Waals surface area contributed by atoms with E-state index in [1.165, 1.54) is 5.39 Å². The number of rotatable bonds is 3. The molecule has 0 spiro atoms. The van der Waals surface area contributed by atoms with Crippen molar-refractivity contribution in [1.29, 1.82) is 10.5 Å². The van der Waals surface area contributed by atoms with Crippen LogP contribution in [0, 0.1) is 22.7 Å². The van der Waals surface area contributed by atoms with Crippen molar-refractivity contribution < 1.29 is 0 Å². The van der Waals surface area contributed by atoms with Crippen molar-refractivity contribution in [3.63, 3.8) is 0 Å². The Kier molecular flexibility index (Phi) is 5.22. The van der Waals surface area contributed by atoms with Gasteiger partial charge in [0.05, 0.1) is 51.0 Å². The summed E-state index contributed by atoms with van der Waals surface area (Å²) in [5, 5.41) is 23.6. The second kappa shape index (κ2) is 9.24. The van der Waals surface area contributed by atoms with Crippen LogP contribution in [-0.4, -0.2) is 9.13 Å². The van der Waals surface area contributed by atoms with Gasteiger partial charge in [-0.15, -0.1) is 0 Å². The molecule has 42 heavy (non-hydrogen) atoms. The quantitative estimate of drug-likeness (QED) is 0.227. The molecule has 4 nitrogen and oxygen atoms in total. The number of aromatic nitrogens is 2. The van der Waals surface area contributed by atoms with Gasteiger partial charge in [0.15, 0.2) is 0 Å². The van der Waals surface area contributed by atoms with Crippen molar-refractivity contribution in [2.45, 2.75) is 0 Å². The van der Waals surface area contributed by atoms with Crippen LogP contribution in [-0.2, 0) is 0 Å². The van der Waals surface area contributed by atoms with Crippen LogP contribution in [0.25, 0.3) is 66.1 Å². The summed E-state index contributed by atoms with van der Waals surface area (Å²) in [6.07, 6.45) is 0. The number of fused-ring (bicyclic) bond motifs is 6. The summed E-state index contributed by atoms with van der Waals surface area (Å²) in [6.45, 7) is 0. The highest BCUT2D eigenvalue weighted by molar-refractivity contribution is 6.12. The van der Waals surface area contributed by atoms with E-state index in [1.54, 1.807) is 0 Å². The number of hydrogen-bond acceptors (Lipinski definition) is 2. The first-order chi connectivity index (χ1) is 20.7. The predicted molar refractivity (Wildman–Crippen MR) is 170 cm³/mol. The minimum atomic E-state index is 0.641. The summed E-state index contributed by atoms with van der Waals surface area (Å²) in [5.74, 6) is 0. The second-order valence-electron chi connectivity index (χ2n) is 10.5. The number of hydrogen-bond donors (Lipinski definition) is 0. The minimum Gasteiger partial charge on any atom is -0.309 e. The Morgan fingerprint density at radius 1 is 0.429 bits per heavy atom. The molecule has 8 aromatic rings. The highest BCUT2D eigenvalue weighted by Crippen LogP contribution is 2.39. The SMILES string of the molecule is N#Cc1cccc(-c2ccccc2-n2c3ccccc3c3cc(-n4c5ccccc5c5cc(C#N)ccc54)ccc32)c1. The molecule has 0 radical (unpaired) electrons. The topological polar surface area (TPSA) is 57.4 Å². The molecule has 194 valence electrons. The van der Waals surface area contributed by atoms with Gasteiger partial charge >= 0.3 is 0 Å². The Balaban J connectivity index is 1.42. The largest absolute Gasteiger partial charge is 0.309 e. The van der Waals surface area contributed by atoms with E-state index >= 15 is 0 Å². The molecule has 6 aromatic carbocycles. The van der Waals surface area contributed by atoms with Gasteiger partial charge < -0.3 is 9.13 Å². The normalized spacial score (nSPS) is 11.3. The predicted octanol–water partition coefficient (Wildman–Crippen LogP) is 9.29. The van der Waals surface area contributed by atoms with Crippen LogP contribution in [0.2, 0.25) is 0 Å². The van der Waals surface area contributed by atoms with Crippen molar-refractivity contribution in [3.05, 3.63) is 145 Å². The Morgan fingerprint density at radius 3 is 1.81 bits per heavy atom. The van der Waals surface area contributed by atoms with Gasteiger partial charge in [0.2, 0.25) is 0 Å². The first kappa shape index (κ1) is 23.8. The fraction of sp³-hybridized carbons (Fsp3) is 0. The lowest BCUT2D eigenvalue weighted by molar-refractivity contribution is 1.17. The lowest BCUT2D eigenvalue weighted by atomic mass is 10.0. The van der Waals surface area contributed by atoms with Crippen molar-refractivity contribution in [2.75, 3.05) is 0 Å². The maximum atomic E-state index is 9.55. The lowest BCUT2D eigenvalue weighted by Crippen LogP contribution is -1.98. The van der Waals surface area contributed by atoms with Gasteiger partial charge in [-0.3, -0.25) is 0 Å². The summed E-state index contributed by atoms with van der Waals surface area (Å²) < 4.78 is 4.62. The summed E-state index contributed by atoms with van der Waals surface area (Å²) in [4.78, 5) is 0. The standard InChI is InChI=1S/C38H22N4/c39-23-25-8-7-9-27(20-25)29-10-1-4-13-34(29)42-36-15-6-3-12-31(36)33-22-28(17-19-38(33)42)41-35-14-5-2-11-30(35)32-21-26(24-40)16-18-37(32)41/h1-22H. The molecule has 4 heteroatoms. The number of nitrogens with zero attached hydrogens (tertiary/aromatic N) is 4. The van der Waals surface area contributed by atoms with E-state index in [4.69, 9.17) is 0 Å². The van der Waals surface area contributed by atoms with Crippen LogP contribution in [0.4, 0.5) is 0 Å². The van der Waals surface area contributed by atoms with Gasteiger partial charge in [-0.2, -0.15) is 10.5 Å². The van der Waals surface area contributed by atoms with Crippen LogP contribution >= 0.6 is 0 Å². The monoisotopic (exact) mass is 534 g/mol. The molecule has 0 N–H and O–H groups in total. The van der Waals surface area contributed by atoms with E-state index in [2.05, 4.69) is 106 Å². The summed E-state index contributed by atoms with van der Waals surface area (Å²) >= 11 is 0. The van der Waals surface area contributed by atoms with E-state index in [9.17, 15) is 10.5 Å². The second-order valence-corrected chi connectivity index (χ2v) is 10.5. The van der Waals surface area contributed by atoms with Crippen molar-refractivity contribution in [2.24, 2.45) is 0 Å². The zero-order valence-corrected chi connectivity index (χ0v) is 22.5. The molecule has 2 aromatic heterocycles. The number of para-hydroxylation sites is 3. The highest BCUT2D eigenvalue weighted by atomic mass is 15.0.